The van der Waals surface area contributed by atoms with Crippen molar-refractivity contribution in [3.63, 3.8) is 0 Å². The Balaban J connectivity index is 1.68. The second-order valence-corrected chi connectivity index (χ2v) is 7.91. The van der Waals surface area contributed by atoms with Crippen LogP contribution in [-0.2, 0) is 11.2 Å². The first kappa shape index (κ1) is 22.2. The highest BCUT2D eigenvalue weighted by Gasteiger charge is 2.19. The average Bonchev–Trinajstić information content (AvgIpc) is 3.16. The normalized spacial score (nSPS) is 10.7. The van der Waals surface area contributed by atoms with Crippen LogP contribution in [0.25, 0.3) is 0 Å². The lowest BCUT2D eigenvalue weighted by Gasteiger charge is -2.13. The van der Waals surface area contributed by atoms with Crippen molar-refractivity contribution in [1.82, 2.24) is 14.8 Å². The number of carbonyl (C=O) groups is 2. The number of amides is 1. The molecular weight excluding hydrogens is 417 g/mol. The highest BCUT2D eigenvalue weighted by Crippen LogP contribution is 2.23. The summed E-state index contributed by atoms with van der Waals surface area (Å²) in [5.41, 5.74) is 1.10. The van der Waals surface area contributed by atoms with Crippen LogP contribution >= 0.6 is 11.8 Å². The van der Waals surface area contributed by atoms with E-state index < -0.39 is 11.7 Å². The number of para-hydroxylation sites is 1. The number of anilines is 1. The van der Waals surface area contributed by atoms with E-state index in [1.54, 1.807) is 41.0 Å². The van der Waals surface area contributed by atoms with E-state index in [1.165, 1.54) is 23.9 Å². The molecule has 0 aliphatic heterocycles. The third-order valence-corrected chi connectivity index (χ3v) is 5.33. The minimum absolute atomic E-state index is 0.0428. The van der Waals surface area contributed by atoms with Crippen molar-refractivity contribution in [2.24, 2.45) is 0 Å². The number of hydrogen-bond acceptors (Lipinski definition) is 6. The third kappa shape index (κ3) is 5.55. The molecule has 0 spiro atoms. The molecule has 158 valence electrons. The number of carbonyl (C=O) groups excluding carboxylic acids is 2. The van der Waals surface area contributed by atoms with E-state index in [9.17, 15) is 14.0 Å². The molecule has 0 saturated heterocycles. The predicted molar refractivity (Wildman–Crippen MR) is 115 cm³/mol. The summed E-state index contributed by atoms with van der Waals surface area (Å²) in [6.45, 7) is 3.85. The minimum Gasteiger partial charge on any atom is -0.323 e. The fourth-order valence-electron chi connectivity index (χ4n) is 2.89. The van der Waals surface area contributed by atoms with Crippen LogP contribution in [0.1, 0.15) is 41.6 Å². The van der Waals surface area contributed by atoms with E-state index >= 15 is 0 Å². The van der Waals surface area contributed by atoms with Gasteiger partial charge in [-0.05, 0) is 38.1 Å². The van der Waals surface area contributed by atoms with Crippen LogP contribution < -0.4 is 5.32 Å². The molecule has 0 aliphatic rings. The van der Waals surface area contributed by atoms with Crippen molar-refractivity contribution in [2.75, 3.05) is 11.1 Å². The van der Waals surface area contributed by atoms with Crippen LogP contribution in [0, 0.1) is 17.1 Å². The van der Waals surface area contributed by atoms with Gasteiger partial charge in [0.1, 0.15) is 11.6 Å². The van der Waals surface area contributed by atoms with Gasteiger partial charge < -0.3 is 9.88 Å². The predicted octanol–water partition coefficient (Wildman–Crippen LogP) is 4.03. The Kier molecular flexibility index (Phi) is 7.15. The van der Waals surface area contributed by atoms with Crippen molar-refractivity contribution >= 4 is 29.1 Å². The van der Waals surface area contributed by atoms with Crippen molar-refractivity contribution in [2.45, 2.75) is 31.5 Å². The van der Waals surface area contributed by atoms with Gasteiger partial charge in [-0.15, -0.1) is 10.2 Å². The first-order chi connectivity index (χ1) is 14.9. The monoisotopic (exact) mass is 437 g/mol. The first-order valence-electron chi connectivity index (χ1n) is 9.53. The number of nitrogens with zero attached hydrogens (tertiary/aromatic N) is 4. The van der Waals surface area contributed by atoms with Gasteiger partial charge in [0.25, 0.3) is 0 Å². The molecule has 9 heteroatoms. The summed E-state index contributed by atoms with van der Waals surface area (Å²) in [7, 11) is 0. The first-order valence-corrected chi connectivity index (χ1v) is 10.5. The fourth-order valence-corrected chi connectivity index (χ4v) is 3.87. The second-order valence-electron chi connectivity index (χ2n) is 6.97. The summed E-state index contributed by atoms with van der Waals surface area (Å²) in [6.07, 6.45) is -0.0797. The zero-order chi connectivity index (χ0) is 22.4. The van der Waals surface area contributed by atoms with Gasteiger partial charge in [-0.25, -0.2) is 4.39 Å². The van der Waals surface area contributed by atoms with Crippen LogP contribution in [0.3, 0.4) is 0 Å². The van der Waals surface area contributed by atoms with E-state index in [2.05, 4.69) is 15.5 Å². The van der Waals surface area contributed by atoms with Crippen molar-refractivity contribution < 1.29 is 14.0 Å². The number of halogens is 1. The van der Waals surface area contributed by atoms with E-state index in [0.29, 0.717) is 22.1 Å². The van der Waals surface area contributed by atoms with Gasteiger partial charge in [0, 0.05) is 11.6 Å². The molecule has 0 radical (unpaired) electrons. The molecule has 0 saturated carbocycles. The highest BCUT2D eigenvalue weighted by atomic mass is 32.2. The Morgan fingerprint density at radius 3 is 2.52 bits per heavy atom. The Morgan fingerprint density at radius 1 is 1.16 bits per heavy atom. The van der Waals surface area contributed by atoms with Gasteiger partial charge in [-0.2, -0.15) is 5.26 Å². The second kappa shape index (κ2) is 10.00. The number of thioether (sulfide) groups is 1. The molecule has 0 atom stereocenters. The van der Waals surface area contributed by atoms with Crippen molar-refractivity contribution in [3.8, 4) is 6.07 Å². The molecule has 1 aromatic heterocycles. The van der Waals surface area contributed by atoms with E-state index in [-0.39, 0.29) is 29.7 Å². The number of rotatable bonds is 8. The number of Topliss-reactive ketones (excluding diaryl/α,β-unsaturated/α-hetero) is 1. The molecule has 3 aromatic rings. The number of aromatic nitrogens is 3. The average molecular weight is 438 g/mol. The van der Waals surface area contributed by atoms with Crippen LogP contribution in [-0.4, -0.2) is 32.2 Å². The highest BCUT2D eigenvalue weighted by molar-refractivity contribution is 7.99. The smallest absolute Gasteiger partial charge is 0.232 e. The third-order valence-electron chi connectivity index (χ3n) is 4.39. The minimum atomic E-state index is -0.515. The van der Waals surface area contributed by atoms with Gasteiger partial charge in [0.05, 0.1) is 29.5 Å². The SMILES string of the molecule is CC(C)n1c(CC(=O)Nc2ccccc2F)nnc1SCC(=O)c1ccc(C#N)cc1. The molecule has 0 bridgehead atoms. The lowest BCUT2D eigenvalue weighted by Crippen LogP contribution is -2.19. The van der Waals surface area contributed by atoms with Gasteiger partial charge in [0.15, 0.2) is 10.9 Å². The van der Waals surface area contributed by atoms with Crippen molar-refractivity contribution in [1.29, 1.82) is 5.26 Å². The molecule has 1 amide bonds. The van der Waals surface area contributed by atoms with Crippen LogP contribution in [0.2, 0.25) is 0 Å². The standard InChI is InChI=1S/C22H20FN5O2S/c1-14(2)28-20(11-21(30)25-18-6-4-3-5-17(18)23)26-27-22(28)31-13-19(29)16-9-7-15(12-24)8-10-16/h3-10,14H,11,13H2,1-2H3,(H,25,30). The van der Waals surface area contributed by atoms with Crippen molar-refractivity contribution in [3.05, 3.63) is 71.3 Å². The number of hydrogen-bond donors (Lipinski definition) is 1. The molecule has 1 heterocycles. The number of nitrogens with one attached hydrogen (secondary N) is 1. The Labute approximate surface area is 183 Å². The fraction of sp³-hybridized carbons (Fsp3) is 0.227. The maximum absolute atomic E-state index is 13.8. The molecule has 1 N–H and O–H groups in total. The van der Waals surface area contributed by atoms with Gasteiger partial charge >= 0.3 is 0 Å². The van der Waals surface area contributed by atoms with E-state index in [1.807, 2.05) is 19.9 Å². The largest absolute Gasteiger partial charge is 0.323 e. The summed E-state index contributed by atoms with van der Waals surface area (Å²) in [5.74, 6) is -0.467. The topological polar surface area (TPSA) is 101 Å². The molecule has 31 heavy (non-hydrogen) atoms. The van der Waals surface area contributed by atoms with E-state index in [4.69, 9.17) is 5.26 Å². The quantitative estimate of drug-likeness (QED) is 0.422. The lowest BCUT2D eigenvalue weighted by atomic mass is 10.1. The zero-order valence-corrected chi connectivity index (χ0v) is 17.8. The molecule has 0 unspecified atom stereocenters. The molecule has 7 nitrogen and oxygen atoms in total. The van der Waals surface area contributed by atoms with E-state index in [0.717, 1.165) is 0 Å². The molecule has 0 fully saturated rings. The molecule has 0 aliphatic carbocycles. The number of nitriles is 1. The van der Waals surface area contributed by atoms with Gasteiger partial charge in [-0.3, -0.25) is 9.59 Å². The Hall–Kier alpha value is -3.51. The van der Waals surface area contributed by atoms with Crippen LogP contribution in [0.4, 0.5) is 10.1 Å². The number of ketones is 1. The van der Waals surface area contributed by atoms with Gasteiger partial charge in [0.2, 0.25) is 5.91 Å². The summed E-state index contributed by atoms with van der Waals surface area (Å²) in [6, 6.07) is 14.3. The lowest BCUT2D eigenvalue weighted by molar-refractivity contribution is -0.115. The van der Waals surface area contributed by atoms with Crippen LogP contribution in [0.5, 0.6) is 0 Å². The molecule has 3 rings (SSSR count). The molecular formula is C22H20FN5O2S. The van der Waals surface area contributed by atoms with Gasteiger partial charge in [-0.1, -0.05) is 36.0 Å². The molecule has 2 aromatic carbocycles. The summed E-state index contributed by atoms with van der Waals surface area (Å²) in [5, 5.41) is 20.2. The number of benzene rings is 2. The maximum Gasteiger partial charge on any atom is 0.232 e. The maximum atomic E-state index is 13.8. The zero-order valence-electron chi connectivity index (χ0n) is 17.0. The summed E-state index contributed by atoms with van der Waals surface area (Å²) >= 11 is 1.23. The summed E-state index contributed by atoms with van der Waals surface area (Å²) in [4.78, 5) is 24.8. The Morgan fingerprint density at radius 2 is 1.87 bits per heavy atom. The Bertz CT molecular complexity index is 1140. The summed E-state index contributed by atoms with van der Waals surface area (Å²) < 4.78 is 15.5. The van der Waals surface area contributed by atoms with Crippen LogP contribution in [0.15, 0.2) is 53.7 Å².